The highest BCUT2D eigenvalue weighted by Crippen LogP contribution is 2.28. The molecule has 0 amide bonds. The van der Waals surface area contributed by atoms with E-state index in [1.807, 2.05) is 13.0 Å². The lowest BCUT2D eigenvalue weighted by Crippen LogP contribution is -2.04. The van der Waals surface area contributed by atoms with Gasteiger partial charge in [0, 0.05) is 12.0 Å². The predicted molar refractivity (Wildman–Crippen MR) is 58.2 cm³/mol. The van der Waals surface area contributed by atoms with Crippen LogP contribution in [0.2, 0.25) is 10.0 Å². The Balaban J connectivity index is 2.42. The highest BCUT2D eigenvalue weighted by Gasteiger charge is 2.21. The standard InChI is InChI=1S/C10H9Cl2NO/c1-6-5-9(13-14-6)10-7(11)3-2-4-8(10)12/h2-4,6H,5H2,1H3. The first-order valence-corrected chi connectivity index (χ1v) is 5.11. The number of hydrogen-bond acceptors (Lipinski definition) is 2. The Morgan fingerprint density at radius 3 is 2.50 bits per heavy atom. The lowest BCUT2D eigenvalue weighted by atomic mass is 10.1. The lowest BCUT2D eigenvalue weighted by molar-refractivity contribution is 0.0995. The van der Waals surface area contributed by atoms with E-state index in [1.165, 1.54) is 0 Å². The van der Waals surface area contributed by atoms with Gasteiger partial charge in [-0.2, -0.15) is 0 Å². The SMILES string of the molecule is CC1CC(c2c(Cl)cccc2Cl)=NO1. The van der Waals surface area contributed by atoms with E-state index in [2.05, 4.69) is 5.16 Å². The normalized spacial score (nSPS) is 20.5. The van der Waals surface area contributed by atoms with E-state index < -0.39 is 0 Å². The van der Waals surface area contributed by atoms with Crippen molar-refractivity contribution in [1.29, 1.82) is 0 Å². The highest BCUT2D eigenvalue weighted by molar-refractivity contribution is 6.40. The number of oxime groups is 1. The van der Waals surface area contributed by atoms with Crippen LogP contribution >= 0.6 is 23.2 Å². The molecule has 1 aliphatic rings. The Bertz CT molecular complexity index is 369. The third kappa shape index (κ3) is 1.72. The molecule has 0 radical (unpaired) electrons. The number of halogens is 2. The molecule has 0 aromatic heterocycles. The smallest absolute Gasteiger partial charge is 0.130 e. The van der Waals surface area contributed by atoms with E-state index in [9.17, 15) is 0 Å². The number of rotatable bonds is 1. The molecule has 0 bridgehead atoms. The monoisotopic (exact) mass is 229 g/mol. The van der Waals surface area contributed by atoms with Crippen LogP contribution in [0.4, 0.5) is 0 Å². The van der Waals surface area contributed by atoms with Crippen LogP contribution in [0, 0.1) is 0 Å². The fourth-order valence-corrected chi connectivity index (χ4v) is 2.04. The Labute approximate surface area is 92.5 Å². The zero-order valence-corrected chi connectivity index (χ0v) is 9.14. The first-order chi connectivity index (χ1) is 6.68. The van der Waals surface area contributed by atoms with E-state index in [0.717, 1.165) is 17.7 Å². The summed E-state index contributed by atoms with van der Waals surface area (Å²) < 4.78 is 0. The maximum Gasteiger partial charge on any atom is 0.130 e. The molecule has 1 aromatic carbocycles. The summed E-state index contributed by atoms with van der Waals surface area (Å²) >= 11 is 12.1. The van der Waals surface area contributed by atoms with Gasteiger partial charge in [-0.05, 0) is 19.1 Å². The maximum atomic E-state index is 6.04. The summed E-state index contributed by atoms with van der Waals surface area (Å²) in [5, 5.41) is 5.20. The Morgan fingerprint density at radius 1 is 1.36 bits per heavy atom. The summed E-state index contributed by atoms with van der Waals surface area (Å²) in [6, 6.07) is 5.41. The van der Waals surface area contributed by atoms with Crippen molar-refractivity contribution < 1.29 is 4.84 Å². The third-order valence-electron chi connectivity index (χ3n) is 2.07. The molecule has 14 heavy (non-hydrogen) atoms. The summed E-state index contributed by atoms with van der Waals surface area (Å²) in [5.74, 6) is 0. The average Bonchev–Trinajstić information content (AvgIpc) is 2.51. The highest BCUT2D eigenvalue weighted by atomic mass is 35.5. The molecule has 0 saturated carbocycles. The molecule has 0 aliphatic carbocycles. The van der Waals surface area contributed by atoms with Gasteiger partial charge >= 0.3 is 0 Å². The molecule has 1 heterocycles. The molecule has 2 nitrogen and oxygen atoms in total. The minimum Gasteiger partial charge on any atom is -0.392 e. The third-order valence-corrected chi connectivity index (χ3v) is 2.70. The molecule has 74 valence electrons. The molecule has 1 atom stereocenters. The summed E-state index contributed by atoms with van der Waals surface area (Å²) in [4.78, 5) is 5.10. The second kappa shape index (κ2) is 3.79. The summed E-state index contributed by atoms with van der Waals surface area (Å²) in [6.45, 7) is 1.96. The van der Waals surface area contributed by atoms with Gasteiger partial charge in [0.15, 0.2) is 0 Å². The van der Waals surface area contributed by atoms with Gasteiger partial charge in [-0.3, -0.25) is 0 Å². The molecule has 0 saturated heterocycles. The van der Waals surface area contributed by atoms with Gasteiger partial charge < -0.3 is 4.84 Å². The first-order valence-electron chi connectivity index (χ1n) is 4.35. The number of hydrogen-bond donors (Lipinski definition) is 0. The van der Waals surface area contributed by atoms with Crippen molar-refractivity contribution in [2.75, 3.05) is 0 Å². The fraction of sp³-hybridized carbons (Fsp3) is 0.300. The van der Waals surface area contributed by atoms with Crippen LogP contribution in [0.3, 0.4) is 0 Å². The Kier molecular flexibility index (Phi) is 2.66. The summed E-state index contributed by atoms with van der Waals surface area (Å²) in [6.07, 6.45) is 0.862. The van der Waals surface area contributed by atoms with E-state index in [4.69, 9.17) is 28.0 Å². The van der Waals surface area contributed by atoms with Gasteiger partial charge in [0.2, 0.25) is 0 Å². The van der Waals surface area contributed by atoms with Crippen molar-refractivity contribution in [2.45, 2.75) is 19.4 Å². The zero-order chi connectivity index (χ0) is 10.1. The van der Waals surface area contributed by atoms with Gasteiger partial charge in [-0.15, -0.1) is 0 Å². The van der Waals surface area contributed by atoms with E-state index in [1.54, 1.807) is 12.1 Å². The predicted octanol–water partition coefficient (Wildman–Crippen LogP) is 3.51. The quantitative estimate of drug-likeness (QED) is 0.723. The molecule has 1 aromatic rings. The number of nitrogens with zero attached hydrogens (tertiary/aromatic N) is 1. The van der Waals surface area contributed by atoms with Crippen LogP contribution in [0.15, 0.2) is 23.4 Å². The molecule has 0 spiro atoms. The zero-order valence-electron chi connectivity index (χ0n) is 7.63. The van der Waals surface area contributed by atoms with Gasteiger partial charge in [0.25, 0.3) is 0 Å². The molecule has 2 rings (SSSR count). The molecular formula is C10H9Cl2NO. The Hall–Kier alpha value is -0.730. The number of benzene rings is 1. The topological polar surface area (TPSA) is 21.6 Å². The average molecular weight is 230 g/mol. The molecule has 1 aliphatic heterocycles. The van der Waals surface area contributed by atoms with Crippen molar-refractivity contribution in [3.63, 3.8) is 0 Å². The van der Waals surface area contributed by atoms with Crippen LogP contribution in [0.1, 0.15) is 18.9 Å². The summed E-state index contributed by atoms with van der Waals surface area (Å²) in [5.41, 5.74) is 1.62. The van der Waals surface area contributed by atoms with Crippen molar-refractivity contribution >= 4 is 28.9 Å². The lowest BCUT2D eigenvalue weighted by Gasteiger charge is -2.04. The molecule has 4 heteroatoms. The fourth-order valence-electron chi connectivity index (χ4n) is 1.42. The first kappa shape index (κ1) is 9.81. The van der Waals surface area contributed by atoms with Crippen LogP contribution in [0.25, 0.3) is 0 Å². The minimum absolute atomic E-state index is 0.109. The Morgan fingerprint density at radius 2 is 2.00 bits per heavy atom. The molecule has 0 N–H and O–H groups in total. The van der Waals surface area contributed by atoms with Gasteiger partial charge in [-0.1, -0.05) is 34.4 Å². The van der Waals surface area contributed by atoms with Gasteiger partial charge in [-0.25, -0.2) is 0 Å². The van der Waals surface area contributed by atoms with Gasteiger partial charge in [0.05, 0.1) is 15.8 Å². The molecule has 1 unspecified atom stereocenters. The largest absolute Gasteiger partial charge is 0.392 e. The van der Waals surface area contributed by atoms with E-state index in [-0.39, 0.29) is 6.10 Å². The summed E-state index contributed by atoms with van der Waals surface area (Å²) in [7, 11) is 0. The molecular weight excluding hydrogens is 221 g/mol. The van der Waals surface area contributed by atoms with Crippen molar-refractivity contribution in [2.24, 2.45) is 5.16 Å². The van der Waals surface area contributed by atoms with Crippen LogP contribution < -0.4 is 0 Å². The maximum absolute atomic E-state index is 6.04. The van der Waals surface area contributed by atoms with Gasteiger partial charge in [0.1, 0.15) is 6.10 Å². The second-order valence-corrected chi connectivity index (χ2v) is 4.07. The van der Waals surface area contributed by atoms with Crippen molar-refractivity contribution in [3.05, 3.63) is 33.8 Å². The van der Waals surface area contributed by atoms with E-state index in [0.29, 0.717) is 10.0 Å². The van der Waals surface area contributed by atoms with E-state index >= 15 is 0 Å². The van der Waals surface area contributed by atoms with Crippen molar-refractivity contribution in [3.8, 4) is 0 Å². The van der Waals surface area contributed by atoms with Crippen LogP contribution in [0.5, 0.6) is 0 Å². The molecule has 0 fully saturated rings. The second-order valence-electron chi connectivity index (χ2n) is 3.25. The van der Waals surface area contributed by atoms with Crippen molar-refractivity contribution in [1.82, 2.24) is 0 Å². The van der Waals surface area contributed by atoms with Crippen LogP contribution in [-0.4, -0.2) is 11.8 Å². The van der Waals surface area contributed by atoms with Crippen LogP contribution in [-0.2, 0) is 4.84 Å². The minimum atomic E-state index is 0.109.